The smallest absolute Gasteiger partial charge is 0.216 e. The Kier molecular flexibility index (Phi) is 6.52. The molecule has 7 heteroatoms. The molecule has 0 heterocycles. The van der Waals surface area contributed by atoms with Gasteiger partial charge in [-0.1, -0.05) is 48.3 Å². The molecule has 1 N–H and O–H groups in total. The van der Waals surface area contributed by atoms with E-state index in [1.165, 1.54) is 6.07 Å². The van der Waals surface area contributed by atoms with Gasteiger partial charge < -0.3 is 4.74 Å². The Morgan fingerprint density at radius 2 is 1.79 bits per heavy atom. The van der Waals surface area contributed by atoms with Crippen molar-refractivity contribution in [3.63, 3.8) is 0 Å². The van der Waals surface area contributed by atoms with E-state index in [2.05, 4.69) is 4.72 Å². The lowest BCUT2D eigenvalue weighted by Gasteiger charge is -2.18. The molecule has 0 radical (unpaired) electrons. The zero-order valence-electron chi connectivity index (χ0n) is 13.4. The van der Waals surface area contributed by atoms with Crippen LogP contribution in [-0.2, 0) is 15.8 Å². The van der Waals surface area contributed by atoms with Crippen molar-refractivity contribution < 1.29 is 13.2 Å². The third-order valence-electron chi connectivity index (χ3n) is 3.61. The molecule has 2 aromatic carbocycles. The summed E-state index contributed by atoms with van der Waals surface area (Å²) in [7, 11) is -1.97. The Hall–Kier alpha value is -1.27. The molecule has 0 amide bonds. The third-order valence-corrected chi connectivity index (χ3v) is 5.53. The van der Waals surface area contributed by atoms with Crippen LogP contribution in [0, 0.1) is 0 Å². The summed E-state index contributed by atoms with van der Waals surface area (Å²) in [6.45, 7) is 1.92. The largest absolute Gasteiger partial charge is 0.497 e. The van der Waals surface area contributed by atoms with Crippen molar-refractivity contribution in [2.45, 2.75) is 25.1 Å². The molecule has 0 bridgehead atoms. The lowest BCUT2D eigenvalue weighted by atomic mass is 10.1. The van der Waals surface area contributed by atoms with Crippen LogP contribution in [0.2, 0.25) is 10.0 Å². The van der Waals surface area contributed by atoms with Crippen molar-refractivity contribution in [3.05, 3.63) is 63.6 Å². The van der Waals surface area contributed by atoms with E-state index >= 15 is 0 Å². The average molecular weight is 388 g/mol. The number of hydrogen-bond acceptors (Lipinski definition) is 3. The second-order valence-corrected chi connectivity index (χ2v) is 7.94. The van der Waals surface area contributed by atoms with Crippen LogP contribution in [0.25, 0.3) is 0 Å². The molecule has 0 spiro atoms. The van der Waals surface area contributed by atoms with Gasteiger partial charge in [0.25, 0.3) is 0 Å². The molecule has 0 unspecified atom stereocenters. The van der Waals surface area contributed by atoms with E-state index in [1.54, 1.807) is 19.2 Å². The molecule has 0 fully saturated rings. The van der Waals surface area contributed by atoms with Gasteiger partial charge in [-0.05, 0) is 41.8 Å². The van der Waals surface area contributed by atoms with Gasteiger partial charge in [-0.25, -0.2) is 13.1 Å². The summed E-state index contributed by atoms with van der Waals surface area (Å²) in [6.07, 6.45) is 0.625. The van der Waals surface area contributed by atoms with Gasteiger partial charge in [0.1, 0.15) is 5.75 Å². The van der Waals surface area contributed by atoms with Crippen LogP contribution in [0.5, 0.6) is 5.75 Å². The van der Waals surface area contributed by atoms with Crippen molar-refractivity contribution in [3.8, 4) is 5.75 Å². The minimum Gasteiger partial charge on any atom is -0.497 e. The van der Waals surface area contributed by atoms with E-state index in [1.807, 2.05) is 31.2 Å². The Morgan fingerprint density at radius 1 is 1.12 bits per heavy atom. The van der Waals surface area contributed by atoms with Crippen LogP contribution in [0.3, 0.4) is 0 Å². The van der Waals surface area contributed by atoms with Gasteiger partial charge in [-0.2, -0.15) is 0 Å². The number of hydrogen-bond donors (Lipinski definition) is 1. The summed E-state index contributed by atoms with van der Waals surface area (Å²) in [5, 5.41) is 0.809. The van der Waals surface area contributed by atoms with Gasteiger partial charge in [-0.3, -0.25) is 0 Å². The first-order chi connectivity index (χ1) is 11.3. The number of nitrogens with one attached hydrogen (secondary N) is 1. The Morgan fingerprint density at radius 3 is 2.33 bits per heavy atom. The van der Waals surface area contributed by atoms with Crippen LogP contribution in [-0.4, -0.2) is 15.5 Å². The quantitative estimate of drug-likeness (QED) is 0.756. The summed E-state index contributed by atoms with van der Waals surface area (Å²) < 4.78 is 32.8. The van der Waals surface area contributed by atoms with Gasteiger partial charge in [0.15, 0.2) is 0 Å². The number of methoxy groups -OCH3 is 1. The molecule has 2 aromatic rings. The second-order valence-electron chi connectivity index (χ2n) is 5.35. The zero-order chi connectivity index (χ0) is 17.7. The average Bonchev–Trinajstić information content (AvgIpc) is 2.55. The highest BCUT2D eigenvalue weighted by molar-refractivity contribution is 7.88. The first-order valence-electron chi connectivity index (χ1n) is 7.42. The molecule has 0 saturated heterocycles. The minimum absolute atomic E-state index is 0.199. The van der Waals surface area contributed by atoms with Gasteiger partial charge in [0.05, 0.1) is 12.9 Å². The predicted molar refractivity (Wildman–Crippen MR) is 98.2 cm³/mol. The van der Waals surface area contributed by atoms with Gasteiger partial charge in [0, 0.05) is 16.1 Å². The number of ether oxygens (including phenoxy) is 1. The standard InChI is InChI=1S/C17H19Cl2NO3S/c1-3-17(12-5-8-15(23-2)9-6-12)20-24(21,22)11-13-4-7-14(18)10-16(13)19/h4-10,17,20H,3,11H2,1-2H3/t17-/m0/s1. The van der Waals surface area contributed by atoms with Crippen LogP contribution in [0.1, 0.15) is 30.5 Å². The van der Waals surface area contributed by atoms with E-state index in [-0.39, 0.29) is 11.8 Å². The fourth-order valence-electron chi connectivity index (χ4n) is 2.33. The van der Waals surface area contributed by atoms with Crippen LogP contribution < -0.4 is 9.46 Å². The monoisotopic (exact) mass is 387 g/mol. The fourth-order valence-corrected chi connectivity index (χ4v) is 4.36. The minimum atomic E-state index is -3.55. The van der Waals surface area contributed by atoms with E-state index < -0.39 is 10.0 Å². The molecule has 2 rings (SSSR count). The van der Waals surface area contributed by atoms with Crippen LogP contribution in [0.4, 0.5) is 0 Å². The first-order valence-corrected chi connectivity index (χ1v) is 9.83. The topological polar surface area (TPSA) is 55.4 Å². The van der Waals surface area contributed by atoms with Gasteiger partial charge in [0.2, 0.25) is 10.0 Å². The Bertz CT molecular complexity index is 792. The van der Waals surface area contributed by atoms with Crippen molar-refractivity contribution in [2.24, 2.45) is 0 Å². The maximum absolute atomic E-state index is 12.5. The van der Waals surface area contributed by atoms with Crippen molar-refractivity contribution in [1.29, 1.82) is 0 Å². The summed E-state index contributed by atoms with van der Waals surface area (Å²) in [6, 6.07) is 11.8. The number of sulfonamides is 1. The lowest BCUT2D eigenvalue weighted by molar-refractivity contribution is 0.414. The molecule has 0 aliphatic carbocycles. The van der Waals surface area contributed by atoms with E-state index in [0.29, 0.717) is 22.0 Å². The lowest BCUT2D eigenvalue weighted by Crippen LogP contribution is -2.29. The molecule has 130 valence electrons. The number of rotatable bonds is 7. The van der Waals surface area contributed by atoms with Crippen molar-refractivity contribution in [1.82, 2.24) is 4.72 Å². The van der Waals surface area contributed by atoms with Gasteiger partial charge >= 0.3 is 0 Å². The normalized spacial score (nSPS) is 12.8. The molecule has 24 heavy (non-hydrogen) atoms. The number of halogens is 2. The maximum atomic E-state index is 12.5. The summed E-state index contributed by atoms with van der Waals surface area (Å²) in [5.74, 6) is 0.528. The second kappa shape index (κ2) is 8.21. The van der Waals surface area contributed by atoms with E-state index in [4.69, 9.17) is 27.9 Å². The summed E-state index contributed by atoms with van der Waals surface area (Å²) in [4.78, 5) is 0. The third kappa shape index (κ3) is 5.11. The summed E-state index contributed by atoms with van der Waals surface area (Å²) in [5.41, 5.74) is 1.39. The molecule has 0 saturated carbocycles. The maximum Gasteiger partial charge on any atom is 0.216 e. The van der Waals surface area contributed by atoms with Crippen LogP contribution >= 0.6 is 23.2 Å². The molecular weight excluding hydrogens is 369 g/mol. The number of benzene rings is 2. The fraction of sp³-hybridized carbons (Fsp3) is 0.294. The Balaban J connectivity index is 2.15. The van der Waals surface area contributed by atoms with Crippen molar-refractivity contribution >= 4 is 33.2 Å². The molecule has 0 aliphatic heterocycles. The zero-order valence-corrected chi connectivity index (χ0v) is 15.8. The van der Waals surface area contributed by atoms with E-state index in [0.717, 1.165) is 11.3 Å². The molecule has 1 atom stereocenters. The molecule has 4 nitrogen and oxygen atoms in total. The first kappa shape index (κ1) is 19.1. The summed E-state index contributed by atoms with van der Waals surface area (Å²) >= 11 is 11.9. The highest BCUT2D eigenvalue weighted by Crippen LogP contribution is 2.25. The molecule has 0 aliphatic rings. The van der Waals surface area contributed by atoms with Crippen molar-refractivity contribution in [2.75, 3.05) is 7.11 Å². The highest BCUT2D eigenvalue weighted by atomic mass is 35.5. The predicted octanol–water partition coefficient (Wildman–Crippen LogP) is 4.57. The molecular formula is C17H19Cl2NO3S. The Labute approximate surface area is 152 Å². The van der Waals surface area contributed by atoms with Gasteiger partial charge in [-0.15, -0.1) is 0 Å². The SMILES string of the molecule is CC[C@H](NS(=O)(=O)Cc1ccc(Cl)cc1Cl)c1ccc(OC)cc1. The van der Waals surface area contributed by atoms with Crippen LogP contribution in [0.15, 0.2) is 42.5 Å². The molecule has 0 aromatic heterocycles. The van der Waals surface area contributed by atoms with E-state index in [9.17, 15) is 8.42 Å². The highest BCUT2D eigenvalue weighted by Gasteiger charge is 2.20.